The van der Waals surface area contributed by atoms with Crippen LogP contribution in [-0.4, -0.2) is 63.3 Å². The molecule has 0 saturated heterocycles. The molecule has 0 aliphatic carbocycles. The highest BCUT2D eigenvalue weighted by Crippen LogP contribution is 2.23. The second-order valence-electron chi connectivity index (χ2n) is 7.39. The number of likely N-dealkylation sites (N-methyl/N-ethyl adjacent to an activating group) is 1. The molecule has 0 fully saturated rings. The van der Waals surface area contributed by atoms with Crippen molar-refractivity contribution >= 4 is 34.7 Å². The Morgan fingerprint density at radius 3 is 2.23 bits per heavy atom. The minimum Gasteiger partial charge on any atom is -0.309 e. The molecule has 8 nitrogen and oxygen atoms in total. The molecule has 8 heteroatoms. The Hall–Kier alpha value is -3.52. The number of aromatic nitrogens is 2. The van der Waals surface area contributed by atoms with Crippen molar-refractivity contribution in [2.75, 3.05) is 31.5 Å². The topological polar surface area (TPSA) is 87.5 Å². The molecule has 1 aliphatic heterocycles. The summed E-state index contributed by atoms with van der Waals surface area (Å²) in [6.45, 7) is 7.21. The van der Waals surface area contributed by atoms with Gasteiger partial charge in [-0.05, 0) is 37.4 Å². The fraction of sp³-hybridized carbons (Fsp3) is 0.304. The van der Waals surface area contributed by atoms with Crippen molar-refractivity contribution in [2.45, 2.75) is 20.4 Å². The number of hydrogen-bond donors (Lipinski definition) is 1. The van der Waals surface area contributed by atoms with Crippen LogP contribution in [0, 0.1) is 0 Å². The van der Waals surface area contributed by atoms with Crippen molar-refractivity contribution in [1.29, 1.82) is 0 Å². The first-order valence-corrected chi connectivity index (χ1v) is 10.5. The molecule has 31 heavy (non-hydrogen) atoms. The number of imide groups is 1. The number of benzene rings is 2. The van der Waals surface area contributed by atoms with Crippen molar-refractivity contribution in [3.8, 4) is 0 Å². The predicted molar refractivity (Wildman–Crippen MR) is 118 cm³/mol. The van der Waals surface area contributed by atoms with Crippen LogP contribution in [0.25, 0.3) is 11.0 Å². The Bertz CT molecular complexity index is 1110. The zero-order valence-electron chi connectivity index (χ0n) is 17.7. The van der Waals surface area contributed by atoms with Gasteiger partial charge in [0, 0.05) is 13.1 Å². The smallest absolute Gasteiger partial charge is 0.262 e. The van der Waals surface area contributed by atoms with Gasteiger partial charge in [-0.1, -0.05) is 38.1 Å². The van der Waals surface area contributed by atoms with Crippen LogP contribution in [0.15, 0.2) is 48.5 Å². The number of carbonyl (C=O) groups is 3. The number of para-hydroxylation sites is 2. The SMILES string of the molecule is CCN(CC)CCn1c(NC(=O)CN2C(=O)c3ccccc3C2=O)nc2ccccc21. The van der Waals surface area contributed by atoms with E-state index in [1.54, 1.807) is 24.3 Å². The lowest BCUT2D eigenvalue weighted by Crippen LogP contribution is -2.37. The molecule has 3 amide bonds. The van der Waals surface area contributed by atoms with E-state index in [1.807, 2.05) is 28.8 Å². The average Bonchev–Trinajstić information content (AvgIpc) is 3.25. The molecule has 1 aliphatic rings. The Morgan fingerprint density at radius 2 is 1.58 bits per heavy atom. The second kappa shape index (κ2) is 8.69. The first-order chi connectivity index (χ1) is 15.0. The lowest BCUT2D eigenvalue weighted by atomic mass is 10.1. The maximum absolute atomic E-state index is 12.8. The van der Waals surface area contributed by atoms with Gasteiger partial charge in [-0.3, -0.25) is 24.6 Å². The molecule has 2 heterocycles. The quantitative estimate of drug-likeness (QED) is 0.567. The maximum atomic E-state index is 12.8. The highest BCUT2D eigenvalue weighted by molar-refractivity contribution is 6.22. The van der Waals surface area contributed by atoms with Gasteiger partial charge in [0.25, 0.3) is 11.8 Å². The first kappa shape index (κ1) is 20.7. The summed E-state index contributed by atoms with van der Waals surface area (Å²) >= 11 is 0. The number of rotatable bonds is 8. The predicted octanol–water partition coefficient (Wildman–Crippen LogP) is 2.61. The third kappa shape index (κ3) is 3.94. The second-order valence-corrected chi connectivity index (χ2v) is 7.39. The summed E-state index contributed by atoms with van der Waals surface area (Å²) < 4.78 is 1.97. The number of hydrogen-bond acceptors (Lipinski definition) is 5. The van der Waals surface area contributed by atoms with Crippen LogP contribution < -0.4 is 5.32 Å². The van der Waals surface area contributed by atoms with E-state index in [4.69, 9.17) is 0 Å². The monoisotopic (exact) mass is 419 g/mol. The van der Waals surface area contributed by atoms with Crippen LogP contribution in [0.2, 0.25) is 0 Å². The number of nitrogens with zero attached hydrogens (tertiary/aromatic N) is 4. The van der Waals surface area contributed by atoms with E-state index in [2.05, 4.69) is 29.0 Å². The minimum atomic E-state index is -0.464. The molecule has 0 unspecified atom stereocenters. The lowest BCUT2D eigenvalue weighted by Gasteiger charge is -2.19. The summed E-state index contributed by atoms with van der Waals surface area (Å²) in [5.41, 5.74) is 2.35. The Balaban J connectivity index is 1.53. The molecule has 160 valence electrons. The number of imidazole rings is 1. The molecule has 1 N–H and O–H groups in total. The number of carbonyl (C=O) groups excluding carboxylic acids is 3. The highest BCUT2D eigenvalue weighted by Gasteiger charge is 2.36. The Labute approximate surface area is 180 Å². The minimum absolute atomic E-state index is 0.326. The molecule has 3 aromatic rings. The van der Waals surface area contributed by atoms with Crippen LogP contribution in [0.3, 0.4) is 0 Å². The van der Waals surface area contributed by atoms with E-state index in [0.717, 1.165) is 35.6 Å². The Kier molecular flexibility index (Phi) is 5.81. The van der Waals surface area contributed by atoms with Crippen LogP contribution in [-0.2, 0) is 11.3 Å². The lowest BCUT2D eigenvalue weighted by molar-refractivity contribution is -0.116. The van der Waals surface area contributed by atoms with Crippen molar-refractivity contribution in [3.63, 3.8) is 0 Å². The maximum Gasteiger partial charge on any atom is 0.262 e. The van der Waals surface area contributed by atoms with Crippen LogP contribution in [0.5, 0.6) is 0 Å². The van der Waals surface area contributed by atoms with Gasteiger partial charge in [-0.2, -0.15) is 0 Å². The zero-order chi connectivity index (χ0) is 22.0. The largest absolute Gasteiger partial charge is 0.309 e. The van der Waals surface area contributed by atoms with Gasteiger partial charge in [0.15, 0.2) is 0 Å². The normalized spacial score (nSPS) is 13.3. The van der Waals surface area contributed by atoms with E-state index < -0.39 is 17.7 Å². The molecule has 0 bridgehead atoms. The number of amides is 3. The van der Waals surface area contributed by atoms with Gasteiger partial charge in [0.2, 0.25) is 11.9 Å². The standard InChI is InChI=1S/C23H25N5O3/c1-3-26(4-2)13-14-27-19-12-8-7-11-18(19)24-23(27)25-20(29)15-28-21(30)16-9-5-6-10-17(16)22(28)31/h5-12H,3-4,13-15H2,1-2H3,(H,24,25,29). The molecule has 1 aromatic heterocycles. The molecule has 0 spiro atoms. The summed E-state index contributed by atoms with van der Waals surface area (Å²) in [5.74, 6) is -0.958. The van der Waals surface area contributed by atoms with Gasteiger partial charge in [0.05, 0.1) is 22.2 Å². The van der Waals surface area contributed by atoms with Gasteiger partial charge in [0.1, 0.15) is 6.54 Å². The third-order valence-electron chi connectivity index (χ3n) is 5.62. The van der Waals surface area contributed by atoms with Crippen molar-refractivity contribution < 1.29 is 14.4 Å². The fourth-order valence-corrected chi connectivity index (χ4v) is 3.87. The summed E-state index contributed by atoms with van der Waals surface area (Å²) in [6.07, 6.45) is 0. The van der Waals surface area contributed by atoms with E-state index in [-0.39, 0.29) is 6.54 Å². The van der Waals surface area contributed by atoms with Crippen LogP contribution >= 0.6 is 0 Å². The van der Waals surface area contributed by atoms with Gasteiger partial charge < -0.3 is 9.47 Å². The van der Waals surface area contributed by atoms with Gasteiger partial charge in [-0.25, -0.2) is 4.98 Å². The van der Waals surface area contributed by atoms with E-state index in [1.165, 1.54) is 0 Å². The van der Waals surface area contributed by atoms with E-state index in [0.29, 0.717) is 23.6 Å². The molecule has 0 atom stereocenters. The molecule has 4 rings (SSSR count). The van der Waals surface area contributed by atoms with Gasteiger partial charge in [-0.15, -0.1) is 0 Å². The molecule has 0 radical (unpaired) electrons. The number of nitrogens with one attached hydrogen (secondary N) is 1. The summed E-state index contributed by atoms with van der Waals surface area (Å²) in [6, 6.07) is 14.3. The number of fused-ring (bicyclic) bond motifs is 2. The van der Waals surface area contributed by atoms with Crippen molar-refractivity contribution in [2.24, 2.45) is 0 Å². The fourth-order valence-electron chi connectivity index (χ4n) is 3.87. The highest BCUT2D eigenvalue weighted by atomic mass is 16.2. The van der Waals surface area contributed by atoms with Crippen molar-refractivity contribution in [1.82, 2.24) is 19.4 Å². The molecular weight excluding hydrogens is 394 g/mol. The van der Waals surface area contributed by atoms with Crippen LogP contribution in [0.1, 0.15) is 34.6 Å². The van der Waals surface area contributed by atoms with Crippen molar-refractivity contribution in [3.05, 3.63) is 59.7 Å². The van der Waals surface area contributed by atoms with E-state index in [9.17, 15) is 14.4 Å². The molecule has 2 aromatic carbocycles. The molecule has 0 saturated carbocycles. The number of anilines is 1. The van der Waals surface area contributed by atoms with Gasteiger partial charge >= 0.3 is 0 Å². The summed E-state index contributed by atoms with van der Waals surface area (Å²) in [5, 5.41) is 2.80. The average molecular weight is 419 g/mol. The summed E-state index contributed by atoms with van der Waals surface area (Å²) in [7, 11) is 0. The zero-order valence-corrected chi connectivity index (χ0v) is 17.7. The molecular formula is C23H25N5O3. The van der Waals surface area contributed by atoms with Crippen LogP contribution in [0.4, 0.5) is 5.95 Å². The third-order valence-corrected chi connectivity index (χ3v) is 5.62. The summed E-state index contributed by atoms with van der Waals surface area (Å²) in [4.78, 5) is 45.7. The first-order valence-electron chi connectivity index (χ1n) is 10.5. The Morgan fingerprint density at radius 1 is 0.968 bits per heavy atom. The van der Waals surface area contributed by atoms with E-state index >= 15 is 0 Å².